The van der Waals surface area contributed by atoms with E-state index in [0.717, 1.165) is 31.7 Å². The molecule has 1 atom stereocenters. The highest BCUT2D eigenvalue weighted by Gasteiger charge is 2.40. The Hall–Kier alpha value is -0.220. The van der Waals surface area contributed by atoms with Gasteiger partial charge < -0.3 is 10.6 Å². The number of nitrogens with zero attached hydrogens (tertiary/aromatic N) is 1. The van der Waals surface area contributed by atoms with Gasteiger partial charge in [-0.15, -0.1) is 0 Å². The lowest BCUT2D eigenvalue weighted by atomic mass is 9.79. The Bertz CT molecular complexity index is 288. The minimum atomic E-state index is -0.238. The van der Waals surface area contributed by atoms with Crippen LogP contribution in [0.5, 0.6) is 0 Å². The molecule has 0 aromatic heterocycles. The van der Waals surface area contributed by atoms with Crippen molar-refractivity contribution in [3.63, 3.8) is 0 Å². The average molecular weight is 270 g/mol. The summed E-state index contributed by atoms with van der Waals surface area (Å²) in [5.74, 6) is 1.42. The molecule has 1 aliphatic carbocycles. The quantitative estimate of drug-likeness (QED) is 0.783. The molecule has 2 rings (SSSR count). The summed E-state index contributed by atoms with van der Waals surface area (Å²) in [5.41, 5.74) is 5.76. The summed E-state index contributed by atoms with van der Waals surface area (Å²) in [4.78, 5) is 14.9. The smallest absolute Gasteiger partial charge is 0.230 e. The van der Waals surface area contributed by atoms with Crippen molar-refractivity contribution in [2.24, 2.45) is 11.1 Å². The highest BCUT2D eigenvalue weighted by Crippen LogP contribution is 2.36. The van der Waals surface area contributed by atoms with Crippen molar-refractivity contribution < 1.29 is 4.79 Å². The minimum Gasteiger partial charge on any atom is -0.340 e. The molecule has 18 heavy (non-hydrogen) atoms. The Labute approximate surface area is 115 Å². The summed E-state index contributed by atoms with van der Waals surface area (Å²) in [5, 5.41) is 0.573. The van der Waals surface area contributed by atoms with Gasteiger partial charge in [-0.2, -0.15) is 11.8 Å². The van der Waals surface area contributed by atoms with Crippen LogP contribution in [0.25, 0.3) is 0 Å². The summed E-state index contributed by atoms with van der Waals surface area (Å²) < 4.78 is 0. The maximum atomic E-state index is 12.8. The second kappa shape index (κ2) is 6.29. The van der Waals surface area contributed by atoms with E-state index >= 15 is 0 Å². The molecular formula is C14H26N2OS. The van der Waals surface area contributed by atoms with Crippen LogP contribution in [-0.4, -0.2) is 41.4 Å². The van der Waals surface area contributed by atoms with Gasteiger partial charge in [-0.05, 0) is 12.8 Å². The molecule has 0 aromatic carbocycles. The zero-order valence-electron chi connectivity index (χ0n) is 11.5. The summed E-state index contributed by atoms with van der Waals surface area (Å²) in [6.07, 6.45) is 6.87. The van der Waals surface area contributed by atoms with E-state index in [0.29, 0.717) is 17.7 Å². The summed E-state index contributed by atoms with van der Waals surface area (Å²) in [7, 11) is 0. The lowest BCUT2D eigenvalue weighted by molar-refractivity contribution is -0.142. The maximum Gasteiger partial charge on any atom is 0.230 e. The molecule has 1 amide bonds. The molecule has 104 valence electrons. The molecule has 1 heterocycles. The Morgan fingerprint density at radius 3 is 2.56 bits per heavy atom. The van der Waals surface area contributed by atoms with Crippen LogP contribution in [0.3, 0.4) is 0 Å². The van der Waals surface area contributed by atoms with E-state index in [1.165, 1.54) is 25.7 Å². The SMILES string of the molecule is CC1CN(C(=O)C2(CN)CCCCCC2)CCS1. The number of carbonyl (C=O) groups is 1. The third-order valence-electron chi connectivity index (χ3n) is 4.43. The molecule has 2 N–H and O–H groups in total. The molecular weight excluding hydrogens is 244 g/mol. The Kier molecular flexibility index (Phi) is 4.96. The van der Waals surface area contributed by atoms with E-state index in [1.54, 1.807) is 0 Å². The van der Waals surface area contributed by atoms with Gasteiger partial charge in [-0.3, -0.25) is 4.79 Å². The first kappa shape index (κ1) is 14.2. The van der Waals surface area contributed by atoms with Crippen LogP contribution in [0, 0.1) is 5.41 Å². The van der Waals surface area contributed by atoms with Crippen LogP contribution in [0.4, 0.5) is 0 Å². The normalized spacial score (nSPS) is 28.8. The summed E-state index contributed by atoms with van der Waals surface area (Å²) in [6.45, 7) is 4.57. The zero-order chi connectivity index (χ0) is 13.0. The van der Waals surface area contributed by atoms with Crippen molar-refractivity contribution in [1.29, 1.82) is 0 Å². The largest absolute Gasteiger partial charge is 0.340 e. The number of carbonyl (C=O) groups excluding carboxylic acids is 1. The molecule has 1 aliphatic heterocycles. The van der Waals surface area contributed by atoms with Gasteiger partial charge in [0.2, 0.25) is 5.91 Å². The summed E-state index contributed by atoms with van der Waals surface area (Å²) >= 11 is 1.97. The van der Waals surface area contributed by atoms with E-state index in [9.17, 15) is 4.79 Å². The molecule has 0 radical (unpaired) electrons. The second-order valence-electron chi connectivity index (χ2n) is 5.83. The average Bonchev–Trinajstić information content (AvgIpc) is 2.64. The highest BCUT2D eigenvalue weighted by molar-refractivity contribution is 7.99. The topological polar surface area (TPSA) is 46.3 Å². The Morgan fingerprint density at radius 2 is 2.00 bits per heavy atom. The number of hydrogen-bond donors (Lipinski definition) is 1. The van der Waals surface area contributed by atoms with Gasteiger partial charge in [-0.1, -0.05) is 32.6 Å². The highest BCUT2D eigenvalue weighted by atomic mass is 32.2. The first-order chi connectivity index (χ1) is 8.68. The molecule has 1 saturated heterocycles. The van der Waals surface area contributed by atoms with Gasteiger partial charge in [0.05, 0.1) is 5.41 Å². The van der Waals surface area contributed by atoms with Crippen molar-refractivity contribution >= 4 is 17.7 Å². The molecule has 1 saturated carbocycles. The van der Waals surface area contributed by atoms with E-state index in [-0.39, 0.29) is 5.41 Å². The number of hydrogen-bond acceptors (Lipinski definition) is 3. The van der Waals surface area contributed by atoms with Gasteiger partial charge in [-0.25, -0.2) is 0 Å². The van der Waals surface area contributed by atoms with E-state index < -0.39 is 0 Å². The summed E-state index contributed by atoms with van der Waals surface area (Å²) in [6, 6.07) is 0. The molecule has 3 nitrogen and oxygen atoms in total. The third kappa shape index (κ3) is 3.02. The maximum absolute atomic E-state index is 12.8. The van der Waals surface area contributed by atoms with E-state index in [2.05, 4.69) is 11.8 Å². The standard InChI is InChI=1S/C14H26N2OS/c1-12-10-16(8-9-18-12)13(17)14(11-15)6-4-2-3-5-7-14/h12H,2-11,15H2,1H3. The van der Waals surface area contributed by atoms with Gasteiger partial charge in [0.25, 0.3) is 0 Å². The molecule has 0 aromatic rings. The van der Waals surface area contributed by atoms with Gasteiger partial charge in [0.15, 0.2) is 0 Å². The van der Waals surface area contributed by atoms with Crippen molar-refractivity contribution in [2.45, 2.75) is 50.7 Å². The van der Waals surface area contributed by atoms with Crippen LogP contribution in [0.2, 0.25) is 0 Å². The van der Waals surface area contributed by atoms with Crippen LogP contribution in [0.1, 0.15) is 45.4 Å². The molecule has 4 heteroatoms. The van der Waals surface area contributed by atoms with Crippen molar-refractivity contribution in [3.8, 4) is 0 Å². The molecule has 0 bridgehead atoms. The van der Waals surface area contributed by atoms with Crippen molar-refractivity contribution in [1.82, 2.24) is 4.90 Å². The fourth-order valence-corrected chi connectivity index (χ4v) is 4.26. The Balaban J connectivity index is 2.07. The first-order valence-electron chi connectivity index (χ1n) is 7.29. The molecule has 2 fully saturated rings. The van der Waals surface area contributed by atoms with Crippen LogP contribution >= 0.6 is 11.8 Å². The fraction of sp³-hybridized carbons (Fsp3) is 0.929. The Morgan fingerprint density at radius 1 is 1.33 bits per heavy atom. The first-order valence-corrected chi connectivity index (χ1v) is 8.34. The molecule has 2 aliphatic rings. The molecule has 0 spiro atoms. The monoisotopic (exact) mass is 270 g/mol. The number of thioether (sulfide) groups is 1. The van der Waals surface area contributed by atoms with Crippen LogP contribution in [0.15, 0.2) is 0 Å². The third-order valence-corrected chi connectivity index (χ3v) is 5.57. The molecule has 1 unspecified atom stereocenters. The van der Waals surface area contributed by atoms with Gasteiger partial charge in [0.1, 0.15) is 0 Å². The zero-order valence-corrected chi connectivity index (χ0v) is 12.3. The lowest BCUT2D eigenvalue weighted by Gasteiger charge is -2.39. The van der Waals surface area contributed by atoms with Gasteiger partial charge in [0, 0.05) is 30.6 Å². The van der Waals surface area contributed by atoms with E-state index in [4.69, 9.17) is 5.73 Å². The number of amides is 1. The minimum absolute atomic E-state index is 0.238. The second-order valence-corrected chi connectivity index (χ2v) is 7.38. The van der Waals surface area contributed by atoms with Crippen LogP contribution < -0.4 is 5.73 Å². The van der Waals surface area contributed by atoms with Crippen LogP contribution in [-0.2, 0) is 4.79 Å². The van der Waals surface area contributed by atoms with E-state index in [1.807, 2.05) is 11.8 Å². The van der Waals surface area contributed by atoms with Gasteiger partial charge >= 0.3 is 0 Å². The van der Waals surface area contributed by atoms with Crippen molar-refractivity contribution in [3.05, 3.63) is 0 Å². The number of nitrogens with two attached hydrogens (primary N) is 1. The lowest BCUT2D eigenvalue weighted by Crippen LogP contribution is -2.51. The fourth-order valence-electron chi connectivity index (χ4n) is 3.25. The van der Waals surface area contributed by atoms with Crippen molar-refractivity contribution in [2.75, 3.05) is 25.4 Å². The number of rotatable bonds is 2. The predicted octanol–water partition coefficient (Wildman–Crippen LogP) is 2.25. The predicted molar refractivity (Wildman–Crippen MR) is 77.7 cm³/mol.